The Morgan fingerprint density at radius 2 is 1.77 bits per heavy atom. The van der Waals surface area contributed by atoms with Gasteiger partial charge in [-0.25, -0.2) is 4.79 Å². The number of nitrogens with two attached hydrogens (primary N) is 1. The second-order valence-corrected chi connectivity index (χ2v) is 5.85. The third kappa shape index (κ3) is 2.48. The minimum absolute atomic E-state index is 0.0462. The first-order chi connectivity index (χ1) is 10.5. The van der Waals surface area contributed by atoms with Crippen molar-refractivity contribution >= 4 is 17.4 Å². The molecule has 1 aliphatic rings. The third-order valence-electron chi connectivity index (χ3n) is 4.26. The van der Waals surface area contributed by atoms with Crippen LogP contribution in [0, 0.1) is 5.92 Å². The molecule has 0 saturated heterocycles. The second-order valence-electron chi connectivity index (χ2n) is 5.85. The molecule has 0 spiro atoms. The van der Waals surface area contributed by atoms with Crippen molar-refractivity contribution in [3.05, 3.63) is 64.7 Å². The normalized spacial score (nSPS) is 19.7. The zero-order valence-electron chi connectivity index (χ0n) is 12.2. The Balaban J connectivity index is 2.05. The summed E-state index contributed by atoms with van der Waals surface area (Å²) in [5.41, 5.74) is 7.72. The highest BCUT2D eigenvalue weighted by atomic mass is 16.4. The maximum atomic E-state index is 12.6. The number of rotatable bonds is 4. The van der Waals surface area contributed by atoms with Crippen LogP contribution in [0.4, 0.5) is 5.69 Å². The smallest absolute Gasteiger partial charge is 0.336 e. The van der Waals surface area contributed by atoms with Crippen molar-refractivity contribution in [2.24, 2.45) is 5.92 Å². The molecule has 0 amide bonds. The van der Waals surface area contributed by atoms with Crippen LogP contribution in [-0.2, 0) is 0 Å². The molecular weight excluding hydrogens is 278 g/mol. The van der Waals surface area contributed by atoms with Crippen LogP contribution in [0.3, 0.4) is 0 Å². The number of carbonyl (C=O) groups is 2. The van der Waals surface area contributed by atoms with Gasteiger partial charge in [-0.05, 0) is 48.1 Å². The Morgan fingerprint density at radius 3 is 2.36 bits per heavy atom. The van der Waals surface area contributed by atoms with Crippen LogP contribution in [-0.4, -0.2) is 16.9 Å². The largest absolute Gasteiger partial charge is 0.478 e. The summed E-state index contributed by atoms with van der Waals surface area (Å²) in [7, 11) is 0. The van der Waals surface area contributed by atoms with E-state index in [1.54, 1.807) is 36.4 Å². The average Bonchev–Trinajstić information content (AvgIpc) is 3.23. The zero-order chi connectivity index (χ0) is 15.9. The fraction of sp³-hybridized carbons (Fsp3) is 0.222. The topological polar surface area (TPSA) is 80.4 Å². The summed E-state index contributed by atoms with van der Waals surface area (Å²) in [5.74, 6) is -0.462. The van der Waals surface area contributed by atoms with Gasteiger partial charge in [0.25, 0.3) is 0 Å². The van der Waals surface area contributed by atoms with E-state index in [0.29, 0.717) is 23.1 Å². The van der Waals surface area contributed by atoms with Gasteiger partial charge in [-0.3, -0.25) is 4.79 Å². The van der Waals surface area contributed by atoms with E-state index >= 15 is 0 Å². The summed E-state index contributed by atoms with van der Waals surface area (Å²) in [4.78, 5) is 24.1. The van der Waals surface area contributed by atoms with E-state index in [9.17, 15) is 14.7 Å². The average molecular weight is 295 g/mol. The molecule has 2 atom stereocenters. The fourth-order valence-corrected chi connectivity index (χ4v) is 2.80. The molecule has 3 rings (SSSR count). The number of hydrogen-bond acceptors (Lipinski definition) is 3. The maximum Gasteiger partial charge on any atom is 0.336 e. The molecule has 22 heavy (non-hydrogen) atoms. The van der Waals surface area contributed by atoms with E-state index < -0.39 is 5.97 Å². The molecular formula is C18H17NO3. The van der Waals surface area contributed by atoms with Gasteiger partial charge in [0.05, 0.1) is 5.56 Å². The third-order valence-corrected chi connectivity index (χ3v) is 4.26. The Labute approximate surface area is 128 Å². The monoisotopic (exact) mass is 295 g/mol. The minimum Gasteiger partial charge on any atom is -0.478 e. The Morgan fingerprint density at radius 1 is 1.09 bits per heavy atom. The molecule has 2 aromatic carbocycles. The van der Waals surface area contributed by atoms with Crippen LogP contribution in [0.5, 0.6) is 0 Å². The fourth-order valence-electron chi connectivity index (χ4n) is 2.80. The van der Waals surface area contributed by atoms with Gasteiger partial charge in [0.15, 0.2) is 5.78 Å². The maximum absolute atomic E-state index is 12.6. The summed E-state index contributed by atoms with van der Waals surface area (Å²) in [6.07, 6.45) is 1.07. The van der Waals surface area contributed by atoms with Crippen LogP contribution in [0.1, 0.15) is 51.1 Å². The van der Waals surface area contributed by atoms with E-state index in [-0.39, 0.29) is 16.9 Å². The lowest BCUT2D eigenvalue weighted by atomic mass is 9.94. The van der Waals surface area contributed by atoms with Crippen molar-refractivity contribution in [1.29, 1.82) is 0 Å². The zero-order valence-corrected chi connectivity index (χ0v) is 12.2. The number of nitrogen functional groups attached to an aromatic ring is 1. The highest BCUT2D eigenvalue weighted by molar-refractivity contribution is 6.16. The van der Waals surface area contributed by atoms with Crippen molar-refractivity contribution < 1.29 is 14.7 Å². The molecule has 0 aliphatic heterocycles. The highest BCUT2D eigenvalue weighted by Crippen LogP contribution is 2.47. The van der Waals surface area contributed by atoms with E-state index in [2.05, 4.69) is 6.92 Å². The van der Waals surface area contributed by atoms with Gasteiger partial charge in [-0.15, -0.1) is 0 Å². The summed E-state index contributed by atoms with van der Waals surface area (Å²) in [5, 5.41) is 9.44. The molecule has 112 valence electrons. The van der Waals surface area contributed by atoms with Gasteiger partial charge < -0.3 is 10.8 Å². The molecule has 1 fully saturated rings. The molecule has 0 bridgehead atoms. The predicted molar refractivity (Wildman–Crippen MR) is 84.2 cm³/mol. The van der Waals surface area contributed by atoms with Gasteiger partial charge in [-0.1, -0.05) is 25.1 Å². The SMILES string of the molecule is CC1C[C@@H]1c1ccc(C(=O)c2ccccc2N)c(C(=O)O)c1. The number of carboxylic acid groups (broad SMARTS) is 1. The lowest BCUT2D eigenvalue weighted by Crippen LogP contribution is -2.12. The van der Waals surface area contributed by atoms with Gasteiger partial charge in [0.2, 0.25) is 0 Å². The highest BCUT2D eigenvalue weighted by Gasteiger charge is 2.35. The lowest BCUT2D eigenvalue weighted by Gasteiger charge is -2.09. The molecule has 2 aromatic rings. The number of anilines is 1. The number of carbonyl (C=O) groups excluding carboxylic acids is 1. The molecule has 4 nitrogen and oxygen atoms in total. The van der Waals surface area contributed by atoms with Crippen LogP contribution < -0.4 is 5.73 Å². The van der Waals surface area contributed by atoms with Crippen LogP contribution in [0.25, 0.3) is 0 Å². The summed E-state index contributed by atoms with van der Waals surface area (Å²) in [6.45, 7) is 2.13. The predicted octanol–water partition coefficient (Wildman–Crippen LogP) is 3.32. The van der Waals surface area contributed by atoms with Gasteiger partial charge in [-0.2, -0.15) is 0 Å². The molecule has 1 unspecified atom stereocenters. The molecule has 1 saturated carbocycles. The van der Waals surface area contributed by atoms with Gasteiger partial charge in [0.1, 0.15) is 0 Å². The van der Waals surface area contributed by atoms with Crippen LogP contribution in [0.15, 0.2) is 42.5 Å². The van der Waals surface area contributed by atoms with E-state index in [4.69, 9.17) is 5.73 Å². The van der Waals surface area contributed by atoms with Crippen molar-refractivity contribution in [1.82, 2.24) is 0 Å². The minimum atomic E-state index is -1.09. The summed E-state index contributed by atoms with van der Waals surface area (Å²) >= 11 is 0. The second kappa shape index (κ2) is 5.30. The quantitative estimate of drug-likeness (QED) is 0.669. The van der Waals surface area contributed by atoms with Crippen molar-refractivity contribution in [3.63, 3.8) is 0 Å². The van der Waals surface area contributed by atoms with Crippen molar-refractivity contribution in [3.8, 4) is 0 Å². The Kier molecular flexibility index (Phi) is 3.45. The molecule has 1 aliphatic carbocycles. The molecule has 3 N–H and O–H groups in total. The molecule has 4 heteroatoms. The number of benzene rings is 2. The number of carboxylic acids is 1. The Bertz CT molecular complexity index is 767. The number of aromatic carboxylic acids is 1. The van der Waals surface area contributed by atoms with Crippen molar-refractivity contribution in [2.45, 2.75) is 19.3 Å². The summed E-state index contributed by atoms with van der Waals surface area (Å²) in [6, 6.07) is 11.8. The lowest BCUT2D eigenvalue weighted by molar-refractivity contribution is 0.0692. The first kappa shape index (κ1) is 14.3. The Hall–Kier alpha value is -2.62. The van der Waals surface area contributed by atoms with Crippen molar-refractivity contribution in [2.75, 3.05) is 5.73 Å². The van der Waals surface area contributed by atoms with Gasteiger partial charge >= 0.3 is 5.97 Å². The molecule has 0 aromatic heterocycles. The number of hydrogen-bond donors (Lipinski definition) is 2. The summed E-state index contributed by atoms with van der Waals surface area (Å²) < 4.78 is 0. The molecule has 0 radical (unpaired) electrons. The first-order valence-electron chi connectivity index (χ1n) is 7.25. The van der Waals surface area contributed by atoms with E-state index in [0.717, 1.165) is 12.0 Å². The number of ketones is 1. The molecule has 0 heterocycles. The first-order valence-corrected chi connectivity index (χ1v) is 7.25. The van der Waals surface area contributed by atoms with Gasteiger partial charge in [0, 0.05) is 16.8 Å². The number of para-hydroxylation sites is 1. The van der Waals surface area contributed by atoms with E-state index in [1.807, 2.05) is 6.07 Å². The van der Waals surface area contributed by atoms with Crippen LogP contribution >= 0.6 is 0 Å². The standard InChI is InChI=1S/C18H17NO3/c1-10-8-14(10)11-6-7-12(15(9-11)18(21)22)17(20)13-4-2-3-5-16(13)19/h2-7,9-10,14H,8,19H2,1H3,(H,21,22)/t10?,14-/m0/s1. The van der Waals surface area contributed by atoms with Crippen LogP contribution in [0.2, 0.25) is 0 Å². The van der Waals surface area contributed by atoms with E-state index in [1.165, 1.54) is 0 Å².